The number of hydrogen-bond donors (Lipinski definition) is 2. The number of rotatable bonds is 11. The number of carboxylic acid groups (broad SMARTS) is 1. The molecule has 0 saturated carbocycles. The number of nitrogens with zero attached hydrogens (tertiary/aromatic N) is 2. The van der Waals surface area contributed by atoms with Crippen molar-refractivity contribution < 1.29 is 29.3 Å². The Hall–Kier alpha value is -2.71. The Bertz CT molecular complexity index is 1060. The number of amides is 2. The van der Waals surface area contributed by atoms with Crippen molar-refractivity contribution in [1.82, 2.24) is 4.90 Å². The summed E-state index contributed by atoms with van der Waals surface area (Å²) >= 11 is 0. The van der Waals surface area contributed by atoms with E-state index in [2.05, 4.69) is 6.58 Å². The predicted octanol–water partition coefficient (Wildman–Crippen LogP) is 3.22. The first-order chi connectivity index (χ1) is 17.1. The van der Waals surface area contributed by atoms with Crippen molar-refractivity contribution in [1.29, 1.82) is 0 Å². The molecular formula is C28H38N2O6. The van der Waals surface area contributed by atoms with E-state index in [0.29, 0.717) is 32.2 Å². The van der Waals surface area contributed by atoms with Crippen LogP contribution in [0.1, 0.15) is 56.6 Å². The van der Waals surface area contributed by atoms with Gasteiger partial charge in [-0.2, -0.15) is 0 Å². The third-order valence-electron chi connectivity index (χ3n) is 8.32. The Kier molecular flexibility index (Phi) is 7.30. The third kappa shape index (κ3) is 4.14. The van der Waals surface area contributed by atoms with Crippen LogP contribution < -0.4 is 4.90 Å². The number of likely N-dealkylation sites (tertiary alicyclic amines) is 1. The molecule has 3 aliphatic rings. The number of hydrogen-bond acceptors (Lipinski definition) is 5. The largest absolute Gasteiger partial charge is 0.481 e. The first-order valence-electron chi connectivity index (χ1n) is 12.9. The van der Waals surface area contributed by atoms with Crippen molar-refractivity contribution in [2.75, 3.05) is 24.6 Å². The van der Waals surface area contributed by atoms with E-state index in [1.54, 1.807) is 22.8 Å². The molecule has 36 heavy (non-hydrogen) atoms. The van der Waals surface area contributed by atoms with Crippen LogP contribution in [0.3, 0.4) is 0 Å². The fraction of sp³-hybridized carbons (Fsp3) is 0.607. The number of aliphatic carboxylic acids is 1. The molecule has 3 heterocycles. The quantitative estimate of drug-likeness (QED) is 0.358. The first kappa shape index (κ1) is 26.4. The summed E-state index contributed by atoms with van der Waals surface area (Å²) in [5.74, 6) is -3.48. The van der Waals surface area contributed by atoms with Crippen molar-refractivity contribution in [3.63, 3.8) is 0 Å². The molecule has 1 aromatic carbocycles. The van der Waals surface area contributed by atoms with Crippen molar-refractivity contribution in [3.8, 4) is 0 Å². The molecule has 2 unspecified atom stereocenters. The summed E-state index contributed by atoms with van der Waals surface area (Å²) in [5.41, 5.74) is 0.558. The molecule has 1 spiro atoms. The van der Waals surface area contributed by atoms with Gasteiger partial charge in [-0.25, -0.2) is 0 Å². The van der Waals surface area contributed by atoms with E-state index >= 15 is 0 Å². The zero-order valence-corrected chi connectivity index (χ0v) is 21.5. The standard InChI is InChI=1S/C28H38N2O6/c1-5-14-29(20-17-18(2)10-11-19(20)3)25(33)23-28-13-12-27(4,36-28)22(26(34)35)21(28)24(32)30(23)15-8-6-7-9-16-31/h5,10-11,17,21-23,31H,1,6-9,12-16H2,2-4H3,(H,34,35)/t21-,22+,23?,27-,28?/m0/s1. The topological polar surface area (TPSA) is 107 Å². The van der Waals surface area contributed by atoms with E-state index in [9.17, 15) is 19.5 Å². The summed E-state index contributed by atoms with van der Waals surface area (Å²) in [4.78, 5) is 43.9. The molecule has 3 fully saturated rings. The SMILES string of the molecule is C=CCN(C(=O)C1N(CCCCCCO)C(=O)[C@@H]2[C@H](C(=O)O)[C@]3(C)CCC12O3)c1cc(C)ccc1C. The molecular weight excluding hydrogens is 460 g/mol. The molecule has 0 aromatic heterocycles. The molecule has 3 saturated heterocycles. The number of aryl methyl sites for hydroxylation is 2. The zero-order valence-electron chi connectivity index (χ0n) is 21.5. The maximum Gasteiger partial charge on any atom is 0.310 e. The van der Waals surface area contributed by atoms with Gasteiger partial charge >= 0.3 is 5.97 Å². The van der Waals surface area contributed by atoms with Gasteiger partial charge in [-0.15, -0.1) is 6.58 Å². The number of aliphatic hydroxyl groups excluding tert-OH is 1. The lowest BCUT2D eigenvalue weighted by Crippen LogP contribution is -2.56. The average molecular weight is 499 g/mol. The monoisotopic (exact) mass is 498 g/mol. The van der Waals surface area contributed by atoms with Crippen LogP contribution in [0, 0.1) is 25.7 Å². The summed E-state index contributed by atoms with van der Waals surface area (Å²) in [7, 11) is 0. The van der Waals surface area contributed by atoms with Crippen LogP contribution in [-0.4, -0.2) is 69.8 Å². The third-order valence-corrected chi connectivity index (χ3v) is 8.32. The number of fused-ring (bicyclic) bond motifs is 1. The van der Waals surface area contributed by atoms with Gasteiger partial charge in [0.2, 0.25) is 5.91 Å². The Morgan fingerprint density at radius 3 is 2.61 bits per heavy atom. The Labute approximate surface area is 212 Å². The van der Waals surface area contributed by atoms with Crippen LogP contribution in [0.5, 0.6) is 0 Å². The number of carbonyl (C=O) groups excluding carboxylic acids is 2. The van der Waals surface area contributed by atoms with Gasteiger partial charge in [0.05, 0.1) is 17.4 Å². The van der Waals surface area contributed by atoms with Crippen molar-refractivity contribution in [3.05, 3.63) is 42.0 Å². The molecule has 196 valence electrons. The maximum atomic E-state index is 14.4. The van der Waals surface area contributed by atoms with E-state index in [4.69, 9.17) is 9.84 Å². The number of carboxylic acids is 1. The molecule has 2 bridgehead atoms. The highest BCUT2D eigenvalue weighted by atomic mass is 16.5. The minimum absolute atomic E-state index is 0.119. The normalized spacial score (nSPS) is 30.5. The second kappa shape index (κ2) is 9.98. The maximum absolute atomic E-state index is 14.4. The average Bonchev–Trinajstić information content (AvgIpc) is 3.39. The highest BCUT2D eigenvalue weighted by Gasteiger charge is 2.78. The molecule has 4 rings (SSSR count). The Morgan fingerprint density at radius 2 is 1.94 bits per heavy atom. The molecule has 8 nitrogen and oxygen atoms in total. The molecule has 2 N–H and O–H groups in total. The van der Waals surface area contributed by atoms with Gasteiger partial charge in [0.15, 0.2) is 0 Å². The van der Waals surface area contributed by atoms with Crippen LogP contribution in [-0.2, 0) is 19.1 Å². The van der Waals surface area contributed by atoms with Gasteiger partial charge in [0.1, 0.15) is 11.6 Å². The zero-order chi connectivity index (χ0) is 26.3. The minimum Gasteiger partial charge on any atom is -0.481 e. The molecule has 0 aliphatic carbocycles. The number of aliphatic hydroxyl groups is 1. The van der Waals surface area contributed by atoms with E-state index in [1.807, 2.05) is 32.0 Å². The highest BCUT2D eigenvalue weighted by molar-refractivity contribution is 6.05. The fourth-order valence-electron chi connectivity index (χ4n) is 6.66. The summed E-state index contributed by atoms with van der Waals surface area (Å²) in [6, 6.07) is 5.00. The lowest BCUT2D eigenvalue weighted by atomic mass is 9.66. The lowest BCUT2D eigenvalue weighted by molar-refractivity contribution is -0.154. The number of benzene rings is 1. The molecule has 0 radical (unpaired) electrons. The first-order valence-corrected chi connectivity index (χ1v) is 12.9. The number of anilines is 1. The minimum atomic E-state index is -1.16. The molecule has 5 atom stereocenters. The summed E-state index contributed by atoms with van der Waals surface area (Å²) < 4.78 is 6.49. The van der Waals surface area contributed by atoms with Crippen molar-refractivity contribution in [2.24, 2.45) is 11.8 Å². The molecule has 3 aliphatic heterocycles. The second-order valence-electron chi connectivity index (χ2n) is 10.8. The molecule has 1 aromatic rings. The predicted molar refractivity (Wildman–Crippen MR) is 136 cm³/mol. The Balaban J connectivity index is 1.75. The van der Waals surface area contributed by atoms with Crippen LogP contribution in [0.25, 0.3) is 0 Å². The van der Waals surface area contributed by atoms with E-state index in [-0.39, 0.29) is 25.0 Å². The van der Waals surface area contributed by atoms with Crippen LogP contribution in [0.2, 0.25) is 0 Å². The van der Waals surface area contributed by atoms with Gasteiger partial charge < -0.3 is 24.7 Å². The second-order valence-corrected chi connectivity index (χ2v) is 10.8. The highest BCUT2D eigenvalue weighted by Crippen LogP contribution is 2.63. The molecule has 2 amide bonds. The smallest absolute Gasteiger partial charge is 0.310 e. The fourth-order valence-corrected chi connectivity index (χ4v) is 6.66. The summed E-state index contributed by atoms with van der Waals surface area (Å²) in [5, 5.41) is 19.2. The van der Waals surface area contributed by atoms with Gasteiger partial charge in [-0.3, -0.25) is 14.4 Å². The number of unbranched alkanes of at least 4 members (excludes halogenated alkanes) is 3. The lowest BCUT2D eigenvalue weighted by Gasteiger charge is -2.37. The number of carbonyl (C=O) groups is 3. The van der Waals surface area contributed by atoms with Crippen molar-refractivity contribution >= 4 is 23.5 Å². The number of ether oxygens (including phenoxy) is 1. The van der Waals surface area contributed by atoms with Gasteiger partial charge in [-0.1, -0.05) is 31.1 Å². The van der Waals surface area contributed by atoms with Crippen LogP contribution in [0.15, 0.2) is 30.9 Å². The summed E-state index contributed by atoms with van der Waals surface area (Å²) in [6.07, 6.45) is 5.60. The van der Waals surface area contributed by atoms with E-state index in [0.717, 1.165) is 29.7 Å². The van der Waals surface area contributed by atoms with E-state index in [1.165, 1.54) is 0 Å². The van der Waals surface area contributed by atoms with Crippen molar-refractivity contribution in [2.45, 2.75) is 76.5 Å². The van der Waals surface area contributed by atoms with Gasteiger partial charge in [-0.05, 0) is 63.6 Å². The summed E-state index contributed by atoms with van der Waals surface area (Å²) in [6.45, 7) is 10.3. The van der Waals surface area contributed by atoms with Crippen LogP contribution in [0.4, 0.5) is 5.69 Å². The Morgan fingerprint density at radius 1 is 1.22 bits per heavy atom. The van der Waals surface area contributed by atoms with Crippen LogP contribution >= 0.6 is 0 Å². The molecule has 8 heteroatoms. The van der Waals surface area contributed by atoms with Gasteiger partial charge in [0.25, 0.3) is 5.91 Å². The van der Waals surface area contributed by atoms with E-state index < -0.39 is 35.0 Å². The van der Waals surface area contributed by atoms with Gasteiger partial charge in [0, 0.05) is 25.4 Å².